The van der Waals surface area contributed by atoms with Gasteiger partial charge < -0.3 is 9.84 Å². The summed E-state index contributed by atoms with van der Waals surface area (Å²) in [5.41, 5.74) is 0.323. The Morgan fingerprint density at radius 2 is 2.50 bits per heavy atom. The minimum Gasteiger partial charge on any atom is -0.388 e. The Morgan fingerprint density at radius 1 is 1.69 bits per heavy atom. The Hall–Kier alpha value is -1.00. The van der Waals surface area contributed by atoms with E-state index in [0.29, 0.717) is 12.2 Å². The lowest BCUT2D eigenvalue weighted by atomic mass is 9.89. The second-order valence-electron chi connectivity index (χ2n) is 4.11. The lowest BCUT2D eigenvalue weighted by Gasteiger charge is -2.23. The van der Waals surface area contributed by atoms with Crippen molar-refractivity contribution in [2.75, 3.05) is 6.61 Å². The first-order chi connectivity index (χ1) is 7.74. The highest BCUT2D eigenvalue weighted by atomic mass is 19.1. The van der Waals surface area contributed by atoms with E-state index in [-0.39, 0.29) is 12.0 Å². The highest BCUT2D eigenvalue weighted by molar-refractivity contribution is 5.17. The minimum absolute atomic E-state index is 0.0121. The molecule has 0 saturated carbocycles. The van der Waals surface area contributed by atoms with Crippen LogP contribution in [0.25, 0.3) is 0 Å². The zero-order chi connectivity index (χ0) is 11.5. The molecule has 3 unspecified atom stereocenters. The Kier molecular flexibility index (Phi) is 3.51. The standard InChI is InChI=1S/C12H16FNO2/c1-2-11-9(4-6-16-11)12(15)8-3-5-14-7-10(8)13/h3,5,7,9,11-12,15H,2,4,6H2,1H3. The predicted molar refractivity (Wildman–Crippen MR) is 57.3 cm³/mol. The van der Waals surface area contributed by atoms with Gasteiger partial charge in [-0.3, -0.25) is 4.98 Å². The molecule has 0 aliphatic carbocycles. The highest BCUT2D eigenvalue weighted by Crippen LogP contribution is 2.35. The van der Waals surface area contributed by atoms with Crippen LogP contribution < -0.4 is 0 Å². The van der Waals surface area contributed by atoms with Crippen molar-refractivity contribution in [2.45, 2.75) is 32.0 Å². The van der Waals surface area contributed by atoms with Crippen molar-refractivity contribution >= 4 is 0 Å². The number of aliphatic hydroxyl groups excluding tert-OH is 1. The summed E-state index contributed by atoms with van der Waals surface area (Å²) in [4.78, 5) is 3.68. The molecule has 3 nitrogen and oxygen atoms in total. The molecule has 2 rings (SSSR count). The van der Waals surface area contributed by atoms with Crippen LogP contribution >= 0.6 is 0 Å². The molecule has 1 N–H and O–H groups in total. The van der Waals surface area contributed by atoms with E-state index in [2.05, 4.69) is 4.98 Å². The topological polar surface area (TPSA) is 42.4 Å². The first-order valence-corrected chi connectivity index (χ1v) is 5.63. The maximum atomic E-state index is 13.5. The van der Waals surface area contributed by atoms with E-state index in [0.717, 1.165) is 19.0 Å². The molecule has 0 bridgehead atoms. The number of hydrogen-bond donors (Lipinski definition) is 1. The van der Waals surface area contributed by atoms with Crippen molar-refractivity contribution in [3.63, 3.8) is 0 Å². The fraction of sp³-hybridized carbons (Fsp3) is 0.583. The first kappa shape index (κ1) is 11.5. The number of aliphatic hydroxyl groups is 1. The largest absolute Gasteiger partial charge is 0.388 e. The number of hydrogen-bond acceptors (Lipinski definition) is 3. The van der Waals surface area contributed by atoms with Gasteiger partial charge in [0.05, 0.1) is 18.4 Å². The van der Waals surface area contributed by atoms with E-state index in [1.165, 1.54) is 12.3 Å². The maximum Gasteiger partial charge on any atom is 0.147 e. The summed E-state index contributed by atoms with van der Waals surface area (Å²) in [6, 6.07) is 1.53. The van der Waals surface area contributed by atoms with E-state index >= 15 is 0 Å². The van der Waals surface area contributed by atoms with Gasteiger partial charge in [0.25, 0.3) is 0 Å². The van der Waals surface area contributed by atoms with Gasteiger partial charge in [0.15, 0.2) is 0 Å². The molecule has 0 spiro atoms. The average molecular weight is 225 g/mol. The van der Waals surface area contributed by atoms with Crippen LogP contribution in [0, 0.1) is 11.7 Å². The van der Waals surface area contributed by atoms with Crippen molar-refractivity contribution in [2.24, 2.45) is 5.92 Å². The summed E-state index contributed by atoms with van der Waals surface area (Å²) in [5, 5.41) is 10.2. The molecule has 1 aromatic heterocycles. The molecule has 88 valence electrons. The highest BCUT2D eigenvalue weighted by Gasteiger charge is 2.34. The zero-order valence-corrected chi connectivity index (χ0v) is 9.27. The van der Waals surface area contributed by atoms with Gasteiger partial charge >= 0.3 is 0 Å². The molecule has 0 aromatic carbocycles. The molecule has 16 heavy (non-hydrogen) atoms. The summed E-state index contributed by atoms with van der Waals surface area (Å²) >= 11 is 0. The fourth-order valence-corrected chi connectivity index (χ4v) is 2.30. The van der Waals surface area contributed by atoms with Crippen molar-refractivity contribution < 1.29 is 14.2 Å². The van der Waals surface area contributed by atoms with Gasteiger partial charge in [0, 0.05) is 24.3 Å². The van der Waals surface area contributed by atoms with Gasteiger partial charge in [-0.05, 0) is 18.9 Å². The van der Waals surface area contributed by atoms with Crippen LogP contribution in [0.5, 0.6) is 0 Å². The number of nitrogens with zero attached hydrogens (tertiary/aromatic N) is 1. The second-order valence-corrected chi connectivity index (χ2v) is 4.11. The summed E-state index contributed by atoms with van der Waals surface area (Å²) in [6.45, 7) is 2.66. The molecule has 1 aliphatic heterocycles. The van der Waals surface area contributed by atoms with Gasteiger partial charge in [-0.25, -0.2) is 4.39 Å². The van der Waals surface area contributed by atoms with E-state index < -0.39 is 11.9 Å². The van der Waals surface area contributed by atoms with E-state index in [1.807, 2.05) is 6.92 Å². The molecule has 1 aliphatic rings. The SMILES string of the molecule is CCC1OCCC1C(O)c1ccncc1F. The molecule has 4 heteroatoms. The molecule has 1 saturated heterocycles. The summed E-state index contributed by atoms with van der Waals surface area (Å²) in [6.07, 6.45) is 3.49. The lowest BCUT2D eigenvalue weighted by Crippen LogP contribution is -2.22. The zero-order valence-electron chi connectivity index (χ0n) is 9.27. The molecular weight excluding hydrogens is 209 g/mol. The Morgan fingerprint density at radius 3 is 3.19 bits per heavy atom. The normalized spacial score (nSPS) is 26.9. The number of rotatable bonds is 3. The number of halogens is 1. The monoisotopic (exact) mass is 225 g/mol. The predicted octanol–water partition coefficient (Wildman–Crippen LogP) is 2.07. The lowest BCUT2D eigenvalue weighted by molar-refractivity contribution is 0.0292. The van der Waals surface area contributed by atoms with Crippen molar-refractivity contribution in [1.29, 1.82) is 0 Å². The number of pyridine rings is 1. The van der Waals surface area contributed by atoms with Crippen molar-refractivity contribution in [3.05, 3.63) is 29.8 Å². The fourth-order valence-electron chi connectivity index (χ4n) is 2.30. The third-order valence-corrected chi connectivity index (χ3v) is 3.19. The van der Waals surface area contributed by atoms with Crippen LogP contribution in [0.2, 0.25) is 0 Å². The van der Waals surface area contributed by atoms with Crippen LogP contribution in [0.3, 0.4) is 0 Å². The molecule has 0 radical (unpaired) electrons. The van der Waals surface area contributed by atoms with Crippen LogP contribution in [0.1, 0.15) is 31.4 Å². The van der Waals surface area contributed by atoms with E-state index in [4.69, 9.17) is 4.74 Å². The number of ether oxygens (including phenoxy) is 1. The van der Waals surface area contributed by atoms with Gasteiger partial charge in [0.1, 0.15) is 5.82 Å². The molecule has 3 atom stereocenters. The third-order valence-electron chi connectivity index (χ3n) is 3.19. The average Bonchev–Trinajstić information content (AvgIpc) is 2.77. The summed E-state index contributed by atoms with van der Waals surface area (Å²) in [7, 11) is 0. The van der Waals surface area contributed by atoms with Crippen LogP contribution in [0.4, 0.5) is 4.39 Å². The summed E-state index contributed by atoms with van der Waals surface area (Å²) in [5.74, 6) is -0.460. The molecule has 0 amide bonds. The van der Waals surface area contributed by atoms with Crippen LogP contribution in [-0.2, 0) is 4.74 Å². The van der Waals surface area contributed by atoms with E-state index in [1.54, 1.807) is 0 Å². The number of aromatic nitrogens is 1. The maximum absolute atomic E-state index is 13.5. The van der Waals surface area contributed by atoms with Crippen LogP contribution in [0.15, 0.2) is 18.5 Å². The molecular formula is C12H16FNO2. The van der Waals surface area contributed by atoms with E-state index in [9.17, 15) is 9.50 Å². The van der Waals surface area contributed by atoms with Gasteiger partial charge in [-0.2, -0.15) is 0 Å². The summed E-state index contributed by atoms with van der Waals surface area (Å²) < 4.78 is 19.0. The Balaban J connectivity index is 2.18. The van der Waals surface area contributed by atoms with Gasteiger partial charge in [-0.1, -0.05) is 6.92 Å². The molecule has 1 fully saturated rings. The van der Waals surface area contributed by atoms with Crippen molar-refractivity contribution in [1.82, 2.24) is 4.98 Å². The van der Waals surface area contributed by atoms with Gasteiger partial charge in [0.2, 0.25) is 0 Å². The third kappa shape index (κ3) is 2.08. The Labute approximate surface area is 94.3 Å². The first-order valence-electron chi connectivity index (χ1n) is 5.63. The van der Waals surface area contributed by atoms with Crippen LogP contribution in [-0.4, -0.2) is 22.8 Å². The minimum atomic E-state index is -0.796. The molecule has 1 aromatic rings. The Bertz CT molecular complexity index is 359. The second kappa shape index (κ2) is 4.89. The van der Waals surface area contributed by atoms with Gasteiger partial charge in [-0.15, -0.1) is 0 Å². The smallest absolute Gasteiger partial charge is 0.147 e. The van der Waals surface area contributed by atoms with Crippen molar-refractivity contribution in [3.8, 4) is 0 Å². The molecule has 2 heterocycles. The quantitative estimate of drug-likeness (QED) is 0.856.